The number of pyridine rings is 1. The number of amides is 1. The summed E-state index contributed by atoms with van der Waals surface area (Å²) in [5.41, 5.74) is 5.88. The molecule has 1 aliphatic rings. The molecule has 0 unspecified atom stereocenters. The maximum atomic E-state index is 12.7. The average molecular weight is 381 g/mol. The summed E-state index contributed by atoms with van der Waals surface area (Å²) in [7, 11) is 0. The zero-order valence-corrected chi connectivity index (χ0v) is 15.1. The Morgan fingerprint density at radius 3 is 2.52 bits per heavy atom. The molecule has 27 heavy (non-hydrogen) atoms. The second kappa shape index (κ2) is 7.30. The smallest absolute Gasteiger partial charge is 0.348 e. The maximum absolute atomic E-state index is 12.7. The van der Waals surface area contributed by atoms with E-state index in [0.29, 0.717) is 23.7 Å². The number of rotatable bonds is 6. The van der Waals surface area contributed by atoms with Gasteiger partial charge in [-0.15, -0.1) is 0 Å². The van der Waals surface area contributed by atoms with Crippen LogP contribution in [0.15, 0.2) is 24.5 Å². The maximum Gasteiger partial charge on any atom is 0.417 e. The van der Waals surface area contributed by atoms with Gasteiger partial charge in [-0.05, 0) is 36.8 Å². The second-order valence-corrected chi connectivity index (χ2v) is 7.07. The van der Waals surface area contributed by atoms with Crippen LogP contribution in [0.25, 0.3) is 5.82 Å². The van der Waals surface area contributed by atoms with E-state index in [1.54, 1.807) is 0 Å². The number of halogens is 3. The van der Waals surface area contributed by atoms with Crippen molar-refractivity contribution in [2.24, 2.45) is 11.7 Å². The molecule has 2 heterocycles. The first-order valence-electron chi connectivity index (χ1n) is 8.84. The fourth-order valence-electron chi connectivity index (χ4n) is 3.06. The minimum Gasteiger partial charge on any atom is -0.348 e. The number of carbonyl (C=O) groups is 1. The molecule has 0 aliphatic heterocycles. The zero-order chi connectivity index (χ0) is 19.8. The fraction of sp³-hybridized carbons (Fsp3) is 0.500. The van der Waals surface area contributed by atoms with Crippen LogP contribution in [0.4, 0.5) is 13.2 Å². The Balaban J connectivity index is 1.90. The van der Waals surface area contributed by atoms with Gasteiger partial charge in [-0.25, -0.2) is 9.67 Å². The molecule has 146 valence electrons. The van der Waals surface area contributed by atoms with Crippen LogP contribution in [-0.2, 0) is 6.18 Å². The van der Waals surface area contributed by atoms with Crippen molar-refractivity contribution < 1.29 is 18.0 Å². The Morgan fingerprint density at radius 2 is 2.04 bits per heavy atom. The quantitative estimate of drug-likeness (QED) is 0.806. The van der Waals surface area contributed by atoms with E-state index in [4.69, 9.17) is 5.73 Å². The van der Waals surface area contributed by atoms with Crippen molar-refractivity contribution in [2.45, 2.75) is 44.8 Å². The van der Waals surface area contributed by atoms with Gasteiger partial charge in [-0.3, -0.25) is 4.79 Å². The summed E-state index contributed by atoms with van der Waals surface area (Å²) in [5.74, 6) is 0.269. The molecule has 1 atom stereocenters. The van der Waals surface area contributed by atoms with Gasteiger partial charge in [0.2, 0.25) is 0 Å². The number of nitrogens with zero attached hydrogens (tertiary/aromatic N) is 3. The van der Waals surface area contributed by atoms with Crippen LogP contribution in [0.5, 0.6) is 0 Å². The monoisotopic (exact) mass is 381 g/mol. The Labute approximate surface area is 155 Å². The Hall–Kier alpha value is -2.42. The van der Waals surface area contributed by atoms with Crippen molar-refractivity contribution in [1.29, 1.82) is 0 Å². The van der Waals surface area contributed by atoms with Gasteiger partial charge < -0.3 is 11.1 Å². The normalized spacial score (nSPS) is 15.8. The van der Waals surface area contributed by atoms with Crippen molar-refractivity contribution in [3.63, 3.8) is 0 Å². The van der Waals surface area contributed by atoms with Gasteiger partial charge in [0.25, 0.3) is 5.91 Å². The summed E-state index contributed by atoms with van der Waals surface area (Å²) in [6, 6.07) is 2.12. The lowest BCUT2D eigenvalue weighted by atomic mass is 10.0. The summed E-state index contributed by atoms with van der Waals surface area (Å²) in [5, 5.41) is 7.14. The summed E-state index contributed by atoms with van der Waals surface area (Å²) in [4.78, 5) is 16.6. The van der Waals surface area contributed by atoms with Crippen LogP contribution >= 0.6 is 0 Å². The van der Waals surface area contributed by atoms with Gasteiger partial charge in [0.05, 0.1) is 23.0 Å². The Morgan fingerprint density at radius 1 is 1.33 bits per heavy atom. The number of alkyl halides is 3. The summed E-state index contributed by atoms with van der Waals surface area (Å²) in [6.45, 7) is 4.13. The van der Waals surface area contributed by atoms with E-state index < -0.39 is 11.7 Å². The van der Waals surface area contributed by atoms with Crippen LogP contribution in [0.2, 0.25) is 0 Å². The third kappa shape index (κ3) is 4.13. The minimum absolute atomic E-state index is 0.0787. The molecule has 9 heteroatoms. The molecular weight excluding hydrogens is 359 g/mol. The highest BCUT2D eigenvalue weighted by molar-refractivity contribution is 5.95. The molecule has 0 saturated heterocycles. The molecule has 6 nitrogen and oxygen atoms in total. The summed E-state index contributed by atoms with van der Waals surface area (Å²) in [6.07, 6.45) is -0.174. The number of hydrogen-bond donors (Lipinski definition) is 2. The van der Waals surface area contributed by atoms with E-state index in [1.165, 1.54) is 16.9 Å². The largest absolute Gasteiger partial charge is 0.417 e. The van der Waals surface area contributed by atoms with Crippen LogP contribution in [0.1, 0.15) is 54.2 Å². The van der Waals surface area contributed by atoms with Crippen LogP contribution in [0.3, 0.4) is 0 Å². The molecule has 1 saturated carbocycles. The molecule has 3 N–H and O–H groups in total. The molecule has 0 spiro atoms. The van der Waals surface area contributed by atoms with Crippen molar-refractivity contribution in [1.82, 2.24) is 20.1 Å². The molecule has 0 aromatic carbocycles. The third-order valence-electron chi connectivity index (χ3n) is 4.65. The fourth-order valence-corrected chi connectivity index (χ4v) is 3.06. The first-order chi connectivity index (χ1) is 12.7. The Kier molecular flexibility index (Phi) is 5.23. The molecule has 2 aromatic rings. The molecule has 0 radical (unpaired) electrons. The first kappa shape index (κ1) is 19.3. The first-order valence-corrected chi connectivity index (χ1v) is 8.84. The van der Waals surface area contributed by atoms with E-state index >= 15 is 0 Å². The lowest BCUT2D eigenvalue weighted by molar-refractivity contribution is -0.137. The van der Waals surface area contributed by atoms with Gasteiger partial charge in [0.1, 0.15) is 0 Å². The molecule has 2 aromatic heterocycles. The number of nitrogens with one attached hydrogen (secondary N) is 1. The van der Waals surface area contributed by atoms with Crippen LogP contribution < -0.4 is 11.1 Å². The molecule has 0 bridgehead atoms. The van der Waals surface area contributed by atoms with Gasteiger partial charge >= 0.3 is 6.18 Å². The topological polar surface area (TPSA) is 85.8 Å². The molecule has 1 fully saturated rings. The lowest BCUT2D eigenvalue weighted by Crippen LogP contribution is -2.42. The van der Waals surface area contributed by atoms with E-state index in [9.17, 15) is 18.0 Å². The van der Waals surface area contributed by atoms with E-state index in [0.717, 1.165) is 25.1 Å². The molecule has 1 aliphatic carbocycles. The highest BCUT2D eigenvalue weighted by Crippen LogP contribution is 2.33. The standard InChI is InChI=1S/C18H22F3N5O/c1-10(2)16-13(17(27)25-14(7-22)11-3-4-11)9-24-26(16)15-6-5-12(8-23-15)18(19,20)21/h5-6,8-11,14H,3-4,7,22H2,1-2H3,(H,25,27)/t14-/m0/s1. The van der Waals surface area contributed by atoms with E-state index in [-0.39, 0.29) is 23.7 Å². The van der Waals surface area contributed by atoms with Crippen LogP contribution in [0, 0.1) is 5.92 Å². The van der Waals surface area contributed by atoms with Gasteiger partial charge in [0, 0.05) is 18.8 Å². The van der Waals surface area contributed by atoms with Crippen molar-refractivity contribution >= 4 is 5.91 Å². The minimum atomic E-state index is -4.46. The van der Waals surface area contributed by atoms with Crippen LogP contribution in [-0.4, -0.2) is 33.3 Å². The van der Waals surface area contributed by atoms with Crippen molar-refractivity contribution in [3.8, 4) is 5.82 Å². The van der Waals surface area contributed by atoms with Gasteiger partial charge in [0.15, 0.2) is 5.82 Å². The number of nitrogens with two attached hydrogens (primary N) is 1. The van der Waals surface area contributed by atoms with Gasteiger partial charge in [-0.2, -0.15) is 18.3 Å². The molecular formula is C18H22F3N5O. The highest BCUT2D eigenvalue weighted by Gasteiger charge is 2.33. The Bertz CT molecular complexity index is 809. The van der Waals surface area contributed by atoms with Gasteiger partial charge in [-0.1, -0.05) is 13.8 Å². The van der Waals surface area contributed by atoms with Crippen molar-refractivity contribution in [2.75, 3.05) is 6.54 Å². The number of aromatic nitrogens is 3. The van der Waals surface area contributed by atoms with E-state index in [1.807, 2.05) is 13.8 Å². The molecule has 3 rings (SSSR count). The predicted octanol–water partition coefficient (Wildman–Crippen LogP) is 2.88. The number of carbonyl (C=O) groups excluding carboxylic acids is 1. The molecule has 1 amide bonds. The third-order valence-corrected chi connectivity index (χ3v) is 4.65. The number of hydrogen-bond acceptors (Lipinski definition) is 4. The average Bonchev–Trinajstić information content (AvgIpc) is 3.35. The second-order valence-electron chi connectivity index (χ2n) is 7.07. The summed E-state index contributed by atoms with van der Waals surface area (Å²) < 4.78 is 39.6. The van der Waals surface area contributed by atoms with Crippen molar-refractivity contribution in [3.05, 3.63) is 41.3 Å². The lowest BCUT2D eigenvalue weighted by Gasteiger charge is -2.17. The van der Waals surface area contributed by atoms with E-state index in [2.05, 4.69) is 15.4 Å². The zero-order valence-electron chi connectivity index (χ0n) is 15.1. The SMILES string of the molecule is CC(C)c1c(C(=O)N[C@@H](CN)C2CC2)cnn1-c1ccc(C(F)(F)F)cn1. The predicted molar refractivity (Wildman–Crippen MR) is 93.5 cm³/mol. The highest BCUT2D eigenvalue weighted by atomic mass is 19.4. The summed E-state index contributed by atoms with van der Waals surface area (Å²) >= 11 is 0.